The minimum absolute atomic E-state index is 0.563. The predicted octanol–water partition coefficient (Wildman–Crippen LogP) is 5.75. The number of hydrogen-bond donors (Lipinski definition) is 1. The van der Waals surface area contributed by atoms with Crippen molar-refractivity contribution >= 4 is 23.2 Å². The molecule has 1 N–H and O–H groups in total. The highest BCUT2D eigenvalue weighted by Gasteiger charge is 2.14. The molecule has 3 aromatic rings. The van der Waals surface area contributed by atoms with E-state index in [0.717, 1.165) is 22.3 Å². The van der Waals surface area contributed by atoms with Crippen LogP contribution < -0.4 is 4.74 Å². The number of benzene rings is 3. The second-order valence-electron chi connectivity index (χ2n) is 5.43. The van der Waals surface area contributed by atoms with Crippen LogP contribution in [0.1, 0.15) is 17.2 Å². The van der Waals surface area contributed by atoms with Gasteiger partial charge >= 0.3 is 0 Å². The van der Waals surface area contributed by atoms with E-state index in [1.54, 1.807) is 13.2 Å². The van der Waals surface area contributed by atoms with Crippen LogP contribution in [-0.2, 0) is 0 Å². The van der Waals surface area contributed by atoms with Gasteiger partial charge < -0.3 is 9.84 Å². The van der Waals surface area contributed by atoms with Crippen molar-refractivity contribution in [3.05, 3.63) is 87.9 Å². The van der Waals surface area contributed by atoms with Gasteiger partial charge in [0.15, 0.2) is 0 Å². The third-order valence-corrected chi connectivity index (χ3v) is 4.27. The maximum Gasteiger partial charge on any atom is 0.127 e. The highest BCUT2D eigenvalue weighted by Crippen LogP contribution is 2.36. The fourth-order valence-electron chi connectivity index (χ4n) is 2.65. The van der Waals surface area contributed by atoms with Crippen molar-refractivity contribution in [2.75, 3.05) is 7.11 Å². The van der Waals surface area contributed by atoms with Crippen molar-refractivity contribution in [2.24, 2.45) is 0 Å². The molecule has 0 fully saturated rings. The van der Waals surface area contributed by atoms with E-state index in [-0.39, 0.29) is 0 Å². The van der Waals surface area contributed by atoms with E-state index >= 15 is 0 Å². The summed E-state index contributed by atoms with van der Waals surface area (Å²) in [5.74, 6) is 0.654. The Morgan fingerprint density at radius 3 is 2.12 bits per heavy atom. The van der Waals surface area contributed by atoms with Crippen LogP contribution in [0.4, 0.5) is 0 Å². The van der Waals surface area contributed by atoms with Gasteiger partial charge in [0.2, 0.25) is 0 Å². The summed E-state index contributed by atoms with van der Waals surface area (Å²) in [6.07, 6.45) is -0.711. The molecule has 4 heteroatoms. The molecule has 0 heterocycles. The van der Waals surface area contributed by atoms with Gasteiger partial charge in [-0.05, 0) is 41.0 Å². The number of hydrogen-bond acceptors (Lipinski definition) is 2. The lowest BCUT2D eigenvalue weighted by molar-refractivity contribution is 0.220. The van der Waals surface area contributed by atoms with Crippen LogP contribution in [0.25, 0.3) is 11.1 Å². The Hall–Kier alpha value is -2.00. The SMILES string of the molecule is COc1cc(C(O)c2ccccc2)ccc1-c1cc(Cl)cc(Cl)c1. The van der Waals surface area contributed by atoms with Gasteiger partial charge in [-0.25, -0.2) is 0 Å². The van der Waals surface area contributed by atoms with Gasteiger partial charge in [0, 0.05) is 15.6 Å². The standard InChI is InChI=1S/C20H16Cl2O2/c1-24-19-11-14(20(23)13-5-3-2-4-6-13)7-8-18(19)15-9-16(21)12-17(22)10-15/h2-12,20,23H,1H3. The van der Waals surface area contributed by atoms with E-state index in [9.17, 15) is 5.11 Å². The Balaban J connectivity index is 2.02. The Kier molecular flexibility index (Phi) is 5.10. The molecule has 0 saturated heterocycles. The summed E-state index contributed by atoms with van der Waals surface area (Å²) in [4.78, 5) is 0. The number of ether oxygens (including phenoxy) is 1. The molecular formula is C20H16Cl2O2. The Morgan fingerprint density at radius 1 is 0.833 bits per heavy atom. The van der Waals surface area contributed by atoms with Crippen LogP contribution in [-0.4, -0.2) is 12.2 Å². The van der Waals surface area contributed by atoms with E-state index in [1.165, 1.54) is 0 Å². The van der Waals surface area contributed by atoms with Crippen molar-refractivity contribution in [1.82, 2.24) is 0 Å². The molecule has 0 radical (unpaired) electrons. The number of halogens is 2. The van der Waals surface area contributed by atoms with Gasteiger partial charge in [-0.15, -0.1) is 0 Å². The third kappa shape index (κ3) is 3.57. The zero-order valence-electron chi connectivity index (χ0n) is 13.0. The molecule has 3 aromatic carbocycles. The minimum atomic E-state index is -0.711. The first-order chi connectivity index (χ1) is 11.6. The first kappa shape index (κ1) is 16.8. The molecule has 0 aliphatic carbocycles. The average molecular weight is 359 g/mol. The van der Waals surface area contributed by atoms with Crippen LogP contribution in [0.5, 0.6) is 5.75 Å². The van der Waals surface area contributed by atoms with Crippen LogP contribution >= 0.6 is 23.2 Å². The summed E-state index contributed by atoms with van der Waals surface area (Å²) >= 11 is 12.2. The maximum atomic E-state index is 10.6. The number of aliphatic hydroxyl groups is 1. The highest BCUT2D eigenvalue weighted by molar-refractivity contribution is 6.35. The van der Waals surface area contributed by atoms with Crippen LogP contribution in [0, 0.1) is 0 Å². The van der Waals surface area contributed by atoms with Gasteiger partial charge in [0.1, 0.15) is 11.9 Å². The van der Waals surface area contributed by atoms with Crippen molar-refractivity contribution in [3.63, 3.8) is 0 Å². The molecule has 122 valence electrons. The fraction of sp³-hybridized carbons (Fsp3) is 0.100. The van der Waals surface area contributed by atoms with E-state index in [2.05, 4.69) is 0 Å². The van der Waals surface area contributed by atoms with Crippen LogP contribution in [0.15, 0.2) is 66.7 Å². The number of methoxy groups -OCH3 is 1. The van der Waals surface area contributed by atoms with Gasteiger partial charge in [-0.2, -0.15) is 0 Å². The summed E-state index contributed by atoms with van der Waals surface area (Å²) in [5, 5.41) is 11.7. The lowest BCUT2D eigenvalue weighted by Gasteiger charge is -2.15. The molecule has 2 nitrogen and oxygen atoms in total. The molecule has 1 unspecified atom stereocenters. The summed E-state index contributed by atoms with van der Waals surface area (Å²) in [6.45, 7) is 0. The molecule has 1 atom stereocenters. The largest absolute Gasteiger partial charge is 0.496 e. The number of rotatable bonds is 4. The molecule has 0 bridgehead atoms. The second kappa shape index (κ2) is 7.27. The van der Waals surface area contributed by atoms with Crippen molar-refractivity contribution in [3.8, 4) is 16.9 Å². The molecule has 0 aliphatic rings. The van der Waals surface area contributed by atoms with Crippen LogP contribution in [0.2, 0.25) is 10.0 Å². The van der Waals surface area contributed by atoms with Gasteiger partial charge in [0.05, 0.1) is 7.11 Å². The molecule has 0 aromatic heterocycles. The smallest absolute Gasteiger partial charge is 0.127 e. The Bertz CT molecular complexity index is 827. The van der Waals surface area contributed by atoms with E-state index in [1.807, 2.05) is 60.7 Å². The average Bonchev–Trinajstić information content (AvgIpc) is 2.60. The summed E-state index contributed by atoms with van der Waals surface area (Å²) in [6, 6.07) is 20.5. The van der Waals surface area contributed by atoms with E-state index < -0.39 is 6.10 Å². The maximum absolute atomic E-state index is 10.6. The van der Waals surface area contributed by atoms with Gasteiger partial charge in [-0.1, -0.05) is 65.7 Å². The fourth-order valence-corrected chi connectivity index (χ4v) is 3.18. The second-order valence-corrected chi connectivity index (χ2v) is 6.30. The molecule has 0 aliphatic heterocycles. The van der Waals surface area contributed by atoms with Crippen molar-refractivity contribution < 1.29 is 9.84 Å². The summed E-state index contributed by atoms with van der Waals surface area (Å²) < 4.78 is 5.51. The summed E-state index contributed by atoms with van der Waals surface area (Å²) in [7, 11) is 1.60. The highest BCUT2D eigenvalue weighted by atomic mass is 35.5. The van der Waals surface area contributed by atoms with Crippen molar-refractivity contribution in [2.45, 2.75) is 6.10 Å². The third-order valence-electron chi connectivity index (χ3n) is 3.83. The number of aliphatic hydroxyl groups excluding tert-OH is 1. The van der Waals surface area contributed by atoms with Crippen LogP contribution in [0.3, 0.4) is 0 Å². The first-order valence-corrected chi connectivity index (χ1v) is 8.21. The van der Waals surface area contributed by atoms with Gasteiger partial charge in [-0.3, -0.25) is 0 Å². The zero-order valence-corrected chi connectivity index (χ0v) is 14.6. The minimum Gasteiger partial charge on any atom is -0.496 e. The topological polar surface area (TPSA) is 29.5 Å². The zero-order chi connectivity index (χ0) is 17.1. The lowest BCUT2D eigenvalue weighted by Crippen LogP contribution is -2.00. The molecule has 0 saturated carbocycles. The molecule has 0 amide bonds. The monoisotopic (exact) mass is 358 g/mol. The molecule has 3 rings (SSSR count). The molecule has 0 spiro atoms. The van der Waals surface area contributed by atoms with Gasteiger partial charge in [0.25, 0.3) is 0 Å². The quantitative estimate of drug-likeness (QED) is 0.643. The molecular weight excluding hydrogens is 343 g/mol. The van der Waals surface area contributed by atoms with E-state index in [0.29, 0.717) is 15.8 Å². The Labute approximate surface area is 151 Å². The normalized spacial score (nSPS) is 12.0. The summed E-state index contributed by atoms with van der Waals surface area (Å²) in [5.41, 5.74) is 3.32. The predicted molar refractivity (Wildman–Crippen MR) is 99.0 cm³/mol. The van der Waals surface area contributed by atoms with E-state index in [4.69, 9.17) is 27.9 Å². The van der Waals surface area contributed by atoms with Crippen molar-refractivity contribution in [1.29, 1.82) is 0 Å². The first-order valence-electron chi connectivity index (χ1n) is 7.46. The lowest BCUT2D eigenvalue weighted by atomic mass is 9.97. The Morgan fingerprint density at radius 2 is 1.50 bits per heavy atom. The molecule has 24 heavy (non-hydrogen) atoms.